The average Bonchev–Trinajstić information content (AvgIpc) is 2.52. The first-order valence-electron chi connectivity index (χ1n) is 6.44. The van der Waals surface area contributed by atoms with E-state index >= 15 is 0 Å². The van der Waals surface area contributed by atoms with Crippen LogP contribution in [0.3, 0.4) is 0 Å². The molecule has 0 aliphatic carbocycles. The summed E-state index contributed by atoms with van der Waals surface area (Å²) in [5.41, 5.74) is 2.48. The lowest BCUT2D eigenvalue weighted by Gasteiger charge is -2.33. The molecule has 1 aromatic carbocycles. The lowest BCUT2D eigenvalue weighted by atomic mass is 9.94. The number of hydrogen-bond acceptors (Lipinski definition) is 2. The second-order valence-electron chi connectivity index (χ2n) is 5.93. The summed E-state index contributed by atoms with van der Waals surface area (Å²) in [5, 5.41) is 8.93. The van der Waals surface area contributed by atoms with Crippen molar-refractivity contribution in [1.82, 2.24) is 0 Å². The van der Waals surface area contributed by atoms with Crippen LogP contribution in [-0.4, -0.2) is 23.2 Å². The Balaban J connectivity index is 2.20. The third kappa shape index (κ3) is 2.66. The lowest BCUT2D eigenvalue weighted by molar-refractivity contribution is -0.137. The number of aliphatic carboxylic acids is 1. The number of rotatable bonds is 3. The maximum absolute atomic E-state index is 10.8. The van der Waals surface area contributed by atoms with Gasteiger partial charge in [0.05, 0.1) is 0 Å². The summed E-state index contributed by atoms with van der Waals surface area (Å²) < 4.78 is 0. The van der Waals surface area contributed by atoms with Gasteiger partial charge in [-0.15, -0.1) is 0 Å². The molecule has 1 aliphatic rings. The lowest BCUT2D eigenvalue weighted by Crippen LogP contribution is -2.38. The molecule has 0 amide bonds. The van der Waals surface area contributed by atoms with Gasteiger partial charge in [0.1, 0.15) is 0 Å². The summed E-state index contributed by atoms with van der Waals surface area (Å²) in [5.74, 6) is -0.445. The van der Waals surface area contributed by atoms with E-state index in [2.05, 4.69) is 49.9 Å². The molecule has 1 saturated heterocycles. The zero-order chi connectivity index (χ0) is 13.3. The summed E-state index contributed by atoms with van der Waals surface area (Å²) >= 11 is 0. The van der Waals surface area contributed by atoms with Crippen LogP contribution < -0.4 is 4.90 Å². The average molecular weight is 247 g/mol. The molecule has 3 nitrogen and oxygen atoms in total. The Morgan fingerprint density at radius 2 is 2.22 bits per heavy atom. The van der Waals surface area contributed by atoms with E-state index in [1.54, 1.807) is 0 Å². The van der Waals surface area contributed by atoms with Crippen LogP contribution in [0.4, 0.5) is 5.69 Å². The van der Waals surface area contributed by atoms with Gasteiger partial charge >= 0.3 is 5.97 Å². The summed E-state index contributed by atoms with van der Waals surface area (Å²) in [6.07, 6.45) is 1.21. The summed E-state index contributed by atoms with van der Waals surface area (Å²) in [6.45, 7) is 7.30. The van der Waals surface area contributed by atoms with E-state index in [0.717, 1.165) is 13.0 Å². The molecule has 18 heavy (non-hydrogen) atoms. The molecule has 1 N–H and O–H groups in total. The molecule has 1 aliphatic heterocycles. The molecular formula is C15H21NO2. The van der Waals surface area contributed by atoms with Crippen LogP contribution in [0.15, 0.2) is 24.3 Å². The number of carbonyl (C=O) groups is 1. The third-order valence-electron chi connectivity index (χ3n) is 3.74. The van der Waals surface area contributed by atoms with Crippen LogP contribution in [0, 0.1) is 12.8 Å². The van der Waals surface area contributed by atoms with Crippen molar-refractivity contribution in [3.05, 3.63) is 29.8 Å². The standard InChI is InChI=1S/C15H21NO2/c1-11-5-4-6-13(7-11)16-10-12(8-14(17)18)9-15(16,2)3/h4-7,12H,8-10H2,1-3H3,(H,17,18). The largest absolute Gasteiger partial charge is 0.481 e. The minimum absolute atomic E-state index is 0.0356. The molecular weight excluding hydrogens is 226 g/mol. The second kappa shape index (κ2) is 4.63. The normalized spacial score (nSPS) is 22.2. The fraction of sp³-hybridized carbons (Fsp3) is 0.533. The van der Waals surface area contributed by atoms with E-state index in [9.17, 15) is 4.79 Å². The molecule has 0 radical (unpaired) electrons. The highest BCUT2D eigenvalue weighted by molar-refractivity contribution is 5.67. The smallest absolute Gasteiger partial charge is 0.303 e. The van der Waals surface area contributed by atoms with Gasteiger partial charge in [-0.3, -0.25) is 4.79 Å². The van der Waals surface area contributed by atoms with Crippen LogP contribution >= 0.6 is 0 Å². The molecule has 0 spiro atoms. The van der Waals surface area contributed by atoms with Gasteiger partial charge in [-0.1, -0.05) is 12.1 Å². The number of carboxylic acids is 1. The molecule has 2 rings (SSSR count). The Morgan fingerprint density at radius 3 is 2.83 bits per heavy atom. The van der Waals surface area contributed by atoms with Gasteiger partial charge in [0.25, 0.3) is 0 Å². The fourth-order valence-electron chi connectivity index (χ4n) is 3.02. The van der Waals surface area contributed by atoms with Crippen molar-refractivity contribution in [3.8, 4) is 0 Å². The van der Waals surface area contributed by atoms with Gasteiger partial charge in [-0.05, 0) is 50.8 Å². The minimum atomic E-state index is -0.693. The predicted octanol–water partition coefficient (Wildman–Crippen LogP) is 3.07. The molecule has 1 fully saturated rings. The van der Waals surface area contributed by atoms with Crippen LogP contribution in [0.5, 0.6) is 0 Å². The van der Waals surface area contributed by atoms with Crippen molar-refractivity contribution in [2.45, 2.75) is 39.2 Å². The molecule has 0 aromatic heterocycles. The van der Waals surface area contributed by atoms with Gasteiger partial charge in [0.2, 0.25) is 0 Å². The highest BCUT2D eigenvalue weighted by atomic mass is 16.4. The second-order valence-corrected chi connectivity index (χ2v) is 5.93. The first-order chi connectivity index (χ1) is 8.38. The number of carboxylic acid groups (broad SMARTS) is 1. The van der Waals surface area contributed by atoms with Crippen molar-refractivity contribution in [3.63, 3.8) is 0 Å². The molecule has 1 heterocycles. The molecule has 3 heteroatoms. The predicted molar refractivity (Wildman–Crippen MR) is 73.0 cm³/mol. The van der Waals surface area contributed by atoms with Crippen LogP contribution in [0.25, 0.3) is 0 Å². The Hall–Kier alpha value is -1.51. The summed E-state index contributed by atoms with van der Waals surface area (Å²) in [7, 11) is 0. The number of benzene rings is 1. The SMILES string of the molecule is Cc1cccc(N2CC(CC(=O)O)CC2(C)C)c1. The summed E-state index contributed by atoms with van der Waals surface area (Å²) in [4.78, 5) is 13.2. The zero-order valence-corrected chi connectivity index (χ0v) is 11.3. The molecule has 1 aromatic rings. The van der Waals surface area contributed by atoms with Gasteiger partial charge in [0, 0.05) is 24.2 Å². The van der Waals surface area contributed by atoms with Crippen LogP contribution in [0.2, 0.25) is 0 Å². The molecule has 0 saturated carbocycles. The van der Waals surface area contributed by atoms with Crippen molar-refractivity contribution in [1.29, 1.82) is 0 Å². The van der Waals surface area contributed by atoms with Crippen molar-refractivity contribution in [2.75, 3.05) is 11.4 Å². The maximum Gasteiger partial charge on any atom is 0.303 e. The third-order valence-corrected chi connectivity index (χ3v) is 3.74. The highest BCUT2D eigenvalue weighted by Gasteiger charge is 2.39. The summed E-state index contributed by atoms with van der Waals surface area (Å²) in [6, 6.07) is 8.43. The molecule has 0 bridgehead atoms. The topological polar surface area (TPSA) is 40.5 Å². The van der Waals surface area contributed by atoms with E-state index < -0.39 is 5.97 Å². The van der Waals surface area contributed by atoms with E-state index in [4.69, 9.17) is 5.11 Å². The zero-order valence-electron chi connectivity index (χ0n) is 11.3. The molecule has 1 atom stereocenters. The number of nitrogens with zero attached hydrogens (tertiary/aromatic N) is 1. The maximum atomic E-state index is 10.8. The van der Waals surface area contributed by atoms with Crippen molar-refractivity contribution in [2.24, 2.45) is 5.92 Å². The monoisotopic (exact) mass is 247 g/mol. The number of aryl methyl sites for hydroxylation is 1. The number of hydrogen-bond donors (Lipinski definition) is 1. The van der Waals surface area contributed by atoms with E-state index in [1.165, 1.54) is 11.3 Å². The fourth-order valence-corrected chi connectivity index (χ4v) is 3.02. The highest BCUT2D eigenvalue weighted by Crippen LogP contribution is 2.38. The Labute approximate surface area is 108 Å². The van der Waals surface area contributed by atoms with E-state index in [0.29, 0.717) is 0 Å². The van der Waals surface area contributed by atoms with Gasteiger partial charge in [-0.2, -0.15) is 0 Å². The minimum Gasteiger partial charge on any atom is -0.481 e. The van der Waals surface area contributed by atoms with Crippen molar-refractivity contribution >= 4 is 11.7 Å². The van der Waals surface area contributed by atoms with Crippen molar-refractivity contribution < 1.29 is 9.90 Å². The van der Waals surface area contributed by atoms with Gasteiger partial charge in [0.15, 0.2) is 0 Å². The Bertz CT molecular complexity index is 454. The molecule has 1 unspecified atom stereocenters. The molecule has 98 valence electrons. The Kier molecular flexibility index (Phi) is 3.33. The van der Waals surface area contributed by atoms with E-state index in [1.807, 2.05) is 0 Å². The van der Waals surface area contributed by atoms with E-state index in [-0.39, 0.29) is 17.9 Å². The van der Waals surface area contributed by atoms with Gasteiger partial charge < -0.3 is 10.0 Å². The van der Waals surface area contributed by atoms with Gasteiger partial charge in [-0.25, -0.2) is 0 Å². The first-order valence-corrected chi connectivity index (χ1v) is 6.44. The Morgan fingerprint density at radius 1 is 1.50 bits per heavy atom. The van der Waals surface area contributed by atoms with Crippen LogP contribution in [-0.2, 0) is 4.79 Å². The quantitative estimate of drug-likeness (QED) is 0.892. The van der Waals surface area contributed by atoms with Crippen LogP contribution in [0.1, 0.15) is 32.3 Å². The number of anilines is 1. The first kappa shape index (κ1) is 12.9.